The quantitative estimate of drug-likeness (QED) is 0.332. The van der Waals surface area contributed by atoms with E-state index in [0.717, 1.165) is 10.0 Å². The van der Waals surface area contributed by atoms with Crippen molar-refractivity contribution < 1.29 is 19.1 Å². The average molecular weight is 521 g/mol. The zero-order valence-electron chi connectivity index (χ0n) is 18.4. The number of hydrogen-bond acceptors (Lipinski definition) is 4. The normalized spacial score (nSPS) is 10.6. The molecule has 0 bridgehead atoms. The molecule has 1 heterocycles. The number of benzene rings is 3. The highest BCUT2D eigenvalue weighted by atomic mass is 79.9. The van der Waals surface area contributed by atoms with Crippen molar-refractivity contribution in [2.45, 2.75) is 6.92 Å². The number of aryl methyl sites for hydroxylation is 1. The van der Waals surface area contributed by atoms with E-state index in [1.54, 1.807) is 48.5 Å². The molecule has 0 aliphatic rings. The Kier molecular flexibility index (Phi) is 6.65. The summed E-state index contributed by atoms with van der Waals surface area (Å²) in [5.74, 6) is -1.62. The van der Waals surface area contributed by atoms with Crippen molar-refractivity contribution in [2.24, 2.45) is 0 Å². The monoisotopic (exact) mass is 520 g/mol. The molecule has 1 aromatic heterocycles. The SMILES string of the molecule is COc1ccc(NC(=O)C(=O)Nn2c(C(=O)Nc3cccc(C)c3)cc3cc(Br)ccc32)cc1. The molecular formula is C25H21BrN4O4. The molecule has 0 atom stereocenters. The van der Waals surface area contributed by atoms with E-state index < -0.39 is 17.7 Å². The highest BCUT2D eigenvalue weighted by Crippen LogP contribution is 2.24. The summed E-state index contributed by atoms with van der Waals surface area (Å²) in [7, 11) is 1.54. The smallest absolute Gasteiger partial charge is 0.328 e. The molecule has 34 heavy (non-hydrogen) atoms. The van der Waals surface area contributed by atoms with Gasteiger partial charge in [-0.1, -0.05) is 28.1 Å². The summed E-state index contributed by atoms with van der Waals surface area (Å²) in [5.41, 5.74) is 5.30. The third-order valence-electron chi connectivity index (χ3n) is 5.04. The van der Waals surface area contributed by atoms with Gasteiger partial charge in [0, 0.05) is 21.2 Å². The Hall–Kier alpha value is -4.11. The molecule has 0 fully saturated rings. The van der Waals surface area contributed by atoms with Crippen molar-refractivity contribution >= 4 is 55.9 Å². The summed E-state index contributed by atoms with van der Waals surface area (Å²) in [4.78, 5) is 38.3. The van der Waals surface area contributed by atoms with Crippen molar-refractivity contribution in [2.75, 3.05) is 23.2 Å². The zero-order valence-corrected chi connectivity index (χ0v) is 20.0. The van der Waals surface area contributed by atoms with Crippen LogP contribution < -0.4 is 20.8 Å². The van der Waals surface area contributed by atoms with Gasteiger partial charge in [0.1, 0.15) is 11.4 Å². The number of fused-ring (bicyclic) bond motifs is 1. The number of amides is 3. The molecule has 9 heteroatoms. The first-order valence-corrected chi connectivity index (χ1v) is 11.1. The van der Waals surface area contributed by atoms with Crippen LogP contribution in [0.5, 0.6) is 5.75 Å². The first-order valence-electron chi connectivity index (χ1n) is 10.3. The topological polar surface area (TPSA) is 101 Å². The number of hydrogen-bond donors (Lipinski definition) is 3. The van der Waals surface area contributed by atoms with Gasteiger partial charge in [-0.15, -0.1) is 0 Å². The van der Waals surface area contributed by atoms with Gasteiger partial charge in [0.2, 0.25) is 0 Å². The second-order valence-corrected chi connectivity index (χ2v) is 8.43. The summed E-state index contributed by atoms with van der Waals surface area (Å²) >= 11 is 3.42. The summed E-state index contributed by atoms with van der Waals surface area (Å²) in [6.45, 7) is 1.92. The van der Waals surface area contributed by atoms with E-state index in [1.165, 1.54) is 11.8 Å². The number of anilines is 2. The fourth-order valence-corrected chi connectivity index (χ4v) is 3.79. The summed E-state index contributed by atoms with van der Waals surface area (Å²) in [6, 6.07) is 20.9. The van der Waals surface area contributed by atoms with Crippen molar-refractivity contribution in [3.8, 4) is 5.75 Å². The van der Waals surface area contributed by atoms with Gasteiger partial charge in [0.15, 0.2) is 0 Å². The van der Waals surface area contributed by atoms with Gasteiger partial charge in [-0.2, -0.15) is 0 Å². The molecule has 4 rings (SSSR count). The van der Waals surface area contributed by atoms with Crippen LogP contribution in [0.4, 0.5) is 11.4 Å². The zero-order chi connectivity index (χ0) is 24.2. The predicted molar refractivity (Wildman–Crippen MR) is 135 cm³/mol. The minimum atomic E-state index is -0.930. The van der Waals surface area contributed by atoms with Crippen LogP contribution in [0.25, 0.3) is 10.9 Å². The largest absolute Gasteiger partial charge is 0.497 e. The number of methoxy groups -OCH3 is 1. The van der Waals surface area contributed by atoms with Crippen LogP contribution in [0.2, 0.25) is 0 Å². The molecule has 0 saturated carbocycles. The summed E-state index contributed by atoms with van der Waals surface area (Å²) < 4.78 is 7.21. The third kappa shape index (κ3) is 5.10. The fourth-order valence-electron chi connectivity index (χ4n) is 3.41. The van der Waals surface area contributed by atoms with E-state index in [2.05, 4.69) is 32.0 Å². The second kappa shape index (κ2) is 9.80. The van der Waals surface area contributed by atoms with E-state index in [1.807, 2.05) is 31.2 Å². The number of rotatable bonds is 5. The Morgan fingerprint density at radius 3 is 2.32 bits per heavy atom. The van der Waals surface area contributed by atoms with Crippen LogP contribution in [-0.2, 0) is 9.59 Å². The summed E-state index contributed by atoms with van der Waals surface area (Å²) in [6.07, 6.45) is 0. The Morgan fingerprint density at radius 2 is 1.62 bits per heavy atom. The number of carbonyl (C=O) groups is 3. The molecule has 0 aliphatic heterocycles. The maximum absolute atomic E-state index is 13.1. The van der Waals surface area contributed by atoms with E-state index in [9.17, 15) is 14.4 Å². The minimum absolute atomic E-state index is 0.167. The van der Waals surface area contributed by atoms with Crippen molar-refractivity contribution in [1.82, 2.24) is 4.68 Å². The molecule has 0 spiro atoms. The Bertz CT molecular complexity index is 1400. The lowest BCUT2D eigenvalue weighted by molar-refractivity contribution is -0.133. The van der Waals surface area contributed by atoms with Gasteiger partial charge in [-0.25, -0.2) is 4.68 Å². The lowest BCUT2D eigenvalue weighted by atomic mass is 10.2. The van der Waals surface area contributed by atoms with E-state index in [4.69, 9.17) is 4.74 Å². The van der Waals surface area contributed by atoms with Crippen LogP contribution in [0.3, 0.4) is 0 Å². The third-order valence-corrected chi connectivity index (χ3v) is 5.53. The van der Waals surface area contributed by atoms with Crippen molar-refractivity contribution in [3.05, 3.63) is 88.5 Å². The molecule has 0 saturated heterocycles. The molecule has 3 N–H and O–H groups in total. The first kappa shape index (κ1) is 23.1. The number of carbonyl (C=O) groups excluding carboxylic acids is 3. The van der Waals surface area contributed by atoms with Crippen LogP contribution in [0.1, 0.15) is 16.1 Å². The maximum Gasteiger partial charge on any atom is 0.328 e. The van der Waals surface area contributed by atoms with Crippen molar-refractivity contribution in [3.63, 3.8) is 0 Å². The molecule has 8 nitrogen and oxygen atoms in total. The molecule has 3 amide bonds. The maximum atomic E-state index is 13.1. The lowest BCUT2D eigenvalue weighted by Crippen LogP contribution is -2.36. The van der Waals surface area contributed by atoms with Gasteiger partial charge in [0.25, 0.3) is 5.91 Å². The number of halogens is 1. The second-order valence-electron chi connectivity index (χ2n) is 7.52. The Morgan fingerprint density at radius 1 is 0.853 bits per heavy atom. The molecule has 3 aromatic carbocycles. The molecular weight excluding hydrogens is 500 g/mol. The minimum Gasteiger partial charge on any atom is -0.497 e. The molecule has 0 aliphatic carbocycles. The van der Waals surface area contributed by atoms with Gasteiger partial charge in [-0.05, 0) is 73.2 Å². The van der Waals surface area contributed by atoms with Gasteiger partial charge in [-0.3, -0.25) is 19.8 Å². The summed E-state index contributed by atoms with van der Waals surface area (Å²) in [5, 5.41) is 6.07. The molecule has 172 valence electrons. The number of nitrogens with one attached hydrogen (secondary N) is 3. The number of aromatic nitrogens is 1. The van der Waals surface area contributed by atoms with Gasteiger partial charge in [0.05, 0.1) is 12.6 Å². The Labute approximate surface area is 204 Å². The van der Waals surface area contributed by atoms with Crippen LogP contribution >= 0.6 is 15.9 Å². The Balaban J connectivity index is 1.60. The van der Waals surface area contributed by atoms with Crippen LogP contribution in [-0.4, -0.2) is 29.5 Å². The standard InChI is InChI=1S/C25H21BrN4O4/c1-15-4-3-5-19(12-15)28-23(31)22-14-16-13-17(26)6-11-21(16)30(22)29-25(33)24(32)27-18-7-9-20(34-2)10-8-18/h3-14H,1-2H3,(H,27,32)(H,28,31)(H,29,33). The van der Waals surface area contributed by atoms with Gasteiger partial charge >= 0.3 is 11.8 Å². The van der Waals surface area contributed by atoms with E-state index in [0.29, 0.717) is 28.0 Å². The molecule has 0 radical (unpaired) electrons. The molecule has 4 aromatic rings. The number of nitrogens with zero attached hydrogens (tertiary/aromatic N) is 1. The predicted octanol–water partition coefficient (Wildman–Crippen LogP) is 4.68. The van der Waals surface area contributed by atoms with Crippen LogP contribution in [0.15, 0.2) is 77.3 Å². The highest BCUT2D eigenvalue weighted by Gasteiger charge is 2.21. The number of ether oxygens (including phenoxy) is 1. The lowest BCUT2D eigenvalue weighted by Gasteiger charge is -2.13. The van der Waals surface area contributed by atoms with E-state index >= 15 is 0 Å². The van der Waals surface area contributed by atoms with E-state index in [-0.39, 0.29) is 5.69 Å². The fraction of sp³-hybridized carbons (Fsp3) is 0.0800. The average Bonchev–Trinajstić information content (AvgIpc) is 3.17. The highest BCUT2D eigenvalue weighted by molar-refractivity contribution is 9.10. The van der Waals surface area contributed by atoms with Crippen LogP contribution in [0, 0.1) is 6.92 Å². The van der Waals surface area contributed by atoms with Gasteiger partial charge < -0.3 is 15.4 Å². The van der Waals surface area contributed by atoms with Crippen molar-refractivity contribution in [1.29, 1.82) is 0 Å². The first-order chi connectivity index (χ1) is 16.3. The molecule has 0 unspecified atom stereocenters.